The molecule has 0 spiro atoms. The lowest BCUT2D eigenvalue weighted by molar-refractivity contribution is -0.118. The van der Waals surface area contributed by atoms with Gasteiger partial charge in [0.2, 0.25) is 5.91 Å². The van der Waals surface area contributed by atoms with E-state index in [-0.39, 0.29) is 5.91 Å². The number of nitrogens with one attached hydrogen (secondary N) is 3. The molecule has 40 heavy (non-hydrogen) atoms. The Morgan fingerprint density at radius 3 is 1.65 bits per heavy atom. The Morgan fingerprint density at radius 2 is 1.18 bits per heavy atom. The quantitative estimate of drug-likeness (QED) is 0.300. The Kier molecular flexibility index (Phi) is 7.54. The number of fused-ring (bicyclic) bond motifs is 8. The lowest BCUT2D eigenvalue weighted by atomic mass is 10.0. The van der Waals surface area contributed by atoms with Crippen molar-refractivity contribution in [3.63, 3.8) is 0 Å². The monoisotopic (exact) mass is 535 g/mol. The van der Waals surface area contributed by atoms with Gasteiger partial charge >= 0.3 is 0 Å². The van der Waals surface area contributed by atoms with Gasteiger partial charge in [0, 0.05) is 35.5 Å². The molecular formula is C34H41N5O. The average Bonchev–Trinajstić information content (AvgIpc) is 3.57. The second kappa shape index (κ2) is 10.9. The van der Waals surface area contributed by atoms with E-state index in [1.54, 1.807) is 6.92 Å². The summed E-state index contributed by atoms with van der Waals surface area (Å²) in [5.74, 6) is -0.0199. The van der Waals surface area contributed by atoms with Crippen molar-refractivity contribution in [1.29, 1.82) is 0 Å². The molecule has 6 nitrogen and oxygen atoms in total. The Hall–Kier alpha value is -3.93. The molecule has 1 amide bonds. The molecule has 6 heteroatoms. The van der Waals surface area contributed by atoms with Crippen LogP contribution in [0, 0.1) is 13.8 Å². The van der Waals surface area contributed by atoms with E-state index in [1.807, 2.05) is 0 Å². The van der Waals surface area contributed by atoms with Gasteiger partial charge < -0.3 is 15.3 Å². The third-order valence-electron chi connectivity index (χ3n) is 8.61. The summed E-state index contributed by atoms with van der Waals surface area (Å²) in [5.41, 5.74) is 18.3. The third kappa shape index (κ3) is 4.80. The van der Waals surface area contributed by atoms with Crippen LogP contribution in [0.3, 0.4) is 0 Å². The summed E-state index contributed by atoms with van der Waals surface area (Å²) in [5, 5.41) is 2.96. The van der Waals surface area contributed by atoms with Crippen molar-refractivity contribution in [2.45, 2.75) is 81.1 Å². The number of carbonyl (C=O) groups excluding carboxylic acids is 1. The van der Waals surface area contributed by atoms with Crippen LogP contribution in [0.2, 0.25) is 0 Å². The summed E-state index contributed by atoms with van der Waals surface area (Å²) in [6, 6.07) is 8.80. The van der Waals surface area contributed by atoms with Crippen LogP contribution in [0.4, 0.5) is 0 Å². The van der Waals surface area contributed by atoms with Crippen LogP contribution in [0.25, 0.3) is 44.4 Å². The lowest BCUT2D eigenvalue weighted by Crippen LogP contribution is -2.21. The van der Waals surface area contributed by atoms with Crippen molar-refractivity contribution in [3.8, 4) is 0 Å². The molecule has 3 aromatic heterocycles. The molecule has 3 N–H and O–H groups in total. The summed E-state index contributed by atoms with van der Waals surface area (Å²) in [7, 11) is 0. The number of amides is 1. The summed E-state index contributed by atoms with van der Waals surface area (Å²) in [6.07, 6.45) is 3.50. The second-order valence-corrected chi connectivity index (χ2v) is 11.0. The van der Waals surface area contributed by atoms with Gasteiger partial charge in [0.05, 0.1) is 22.8 Å². The van der Waals surface area contributed by atoms with Crippen LogP contribution in [0.5, 0.6) is 0 Å². The van der Waals surface area contributed by atoms with E-state index >= 15 is 0 Å². The highest BCUT2D eigenvalue weighted by Gasteiger charge is 2.21. The fourth-order valence-corrected chi connectivity index (χ4v) is 6.25. The number of aromatic nitrogens is 4. The van der Waals surface area contributed by atoms with Gasteiger partial charge in [-0.2, -0.15) is 0 Å². The van der Waals surface area contributed by atoms with E-state index < -0.39 is 0 Å². The molecule has 0 aromatic carbocycles. The standard InChI is InChI=1S/C34H41N5O/c1-9-23-18(4)27-14-28-20(6)25(11-3)33(38-28)17-34-26(12-13-35-22(8)40)21(7)30(39-34)15-29-19(5)24(10-2)32(37-29)16-31(23)36-27/h14-17,36-37H,9-13H2,1-8H3,(H,35,40). The van der Waals surface area contributed by atoms with Gasteiger partial charge in [-0.3, -0.25) is 4.79 Å². The minimum absolute atomic E-state index is 0.0199. The van der Waals surface area contributed by atoms with Crippen LogP contribution in [-0.4, -0.2) is 32.4 Å². The number of allylic oxidation sites excluding steroid dienone is 3. The maximum absolute atomic E-state index is 11.6. The highest BCUT2D eigenvalue weighted by atomic mass is 16.1. The molecule has 0 unspecified atom stereocenters. The van der Waals surface area contributed by atoms with Gasteiger partial charge in [0.1, 0.15) is 0 Å². The molecule has 0 atom stereocenters. The van der Waals surface area contributed by atoms with Crippen LogP contribution < -0.4 is 5.32 Å². The maximum Gasteiger partial charge on any atom is 0.216 e. The molecule has 3 aromatic rings. The SMILES string of the molecule is CCC1=C(C)c2cc3[nH]c(cc4[nH]c(cc5nc(cc1n2)C(CCNC(C)=O)=C5C)c(C)c4CC)c(CC)c3C. The fraction of sp³-hybridized carbons (Fsp3) is 0.382. The Labute approximate surface area is 237 Å². The first-order valence-electron chi connectivity index (χ1n) is 14.5. The number of rotatable bonds is 6. The van der Waals surface area contributed by atoms with E-state index in [9.17, 15) is 4.79 Å². The van der Waals surface area contributed by atoms with E-state index in [0.717, 1.165) is 75.3 Å². The predicted octanol–water partition coefficient (Wildman–Crippen LogP) is 7.85. The molecule has 2 aliphatic rings. The number of aromatic amines is 2. The van der Waals surface area contributed by atoms with Crippen molar-refractivity contribution in [1.82, 2.24) is 25.3 Å². The molecule has 0 aliphatic carbocycles. The van der Waals surface area contributed by atoms with Crippen molar-refractivity contribution in [2.24, 2.45) is 0 Å². The summed E-state index contributed by atoms with van der Waals surface area (Å²) in [6.45, 7) is 17.5. The number of H-pyrrole nitrogens is 2. The minimum atomic E-state index is -0.0199. The van der Waals surface area contributed by atoms with Crippen molar-refractivity contribution in [2.75, 3.05) is 6.54 Å². The largest absolute Gasteiger partial charge is 0.356 e. The zero-order chi connectivity index (χ0) is 28.7. The van der Waals surface area contributed by atoms with Gasteiger partial charge in [-0.25, -0.2) is 9.97 Å². The minimum Gasteiger partial charge on any atom is -0.356 e. The molecule has 0 saturated heterocycles. The lowest BCUT2D eigenvalue weighted by Gasteiger charge is -2.06. The topological polar surface area (TPSA) is 86.5 Å². The Morgan fingerprint density at radius 1 is 0.675 bits per heavy atom. The van der Waals surface area contributed by atoms with Gasteiger partial charge in [-0.15, -0.1) is 0 Å². The average molecular weight is 536 g/mol. The van der Waals surface area contributed by atoms with E-state index in [0.29, 0.717) is 13.0 Å². The summed E-state index contributed by atoms with van der Waals surface area (Å²) < 4.78 is 0. The van der Waals surface area contributed by atoms with Gasteiger partial charge in [0.25, 0.3) is 0 Å². The molecule has 208 valence electrons. The van der Waals surface area contributed by atoms with E-state index in [1.165, 1.54) is 33.4 Å². The van der Waals surface area contributed by atoms with Gasteiger partial charge in [-0.1, -0.05) is 20.8 Å². The molecule has 2 aliphatic heterocycles. The zero-order valence-electron chi connectivity index (χ0n) is 25.1. The van der Waals surface area contributed by atoms with Gasteiger partial charge in [0.15, 0.2) is 0 Å². The number of hydrogen-bond acceptors (Lipinski definition) is 3. The molecule has 5 rings (SSSR count). The van der Waals surface area contributed by atoms with Crippen LogP contribution in [0.1, 0.15) is 99.4 Å². The van der Waals surface area contributed by atoms with E-state index in [2.05, 4.69) is 88.0 Å². The molecule has 5 heterocycles. The zero-order valence-corrected chi connectivity index (χ0v) is 25.1. The van der Waals surface area contributed by atoms with Crippen molar-refractivity contribution >= 4 is 50.3 Å². The third-order valence-corrected chi connectivity index (χ3v) is 8.61. The maximum atomic E-state index is 11.6. The van der Waals surface area contributed by atoms with Crippen LogP contribution in [0.15, 0.2) is 24.3 Å². The van der Waals surface area contributed by atoms with E-state index in [4.69, 9.17) is 9.97 Å². The number of nitrogens with zero attached hydrogens (tertiary/aromatic N) is 2. The molecule has 0 saturated carbocycles. The second-order valence-electron chi connectivity index (χ2n) is 11.0. The first-order valence-corrected chi connectivity index (χ1v) is 14.5. The number of aryl methyl sites for hydroxylation is 4. The van der Waals surface area contributed by atoms with Crippen LogP contribution >= 0.6 is 0 Å². The van der Waals surface area contributed by atoms with Crippen molar-refractivity contribution in [3.05, 3.63) is 69.3 Å². The Balaban J connectivity index is 1.90. The first kappa shape index (κ1) is 27.6. The predicted molar refractivity (Wildman–Crippen MR) is 168 cm³/mol. The Bertz CT molecular complexity index is 1750. The fourth-order valence-electron chi connectivity index (χ4n) is 6.25. The first-order chi connectivity index (χ1) is 19.2. The smallest absolute Gasteiger partial charge is 0.216 e. The summed E-state index contributed by atoms with van der Waals surface area (Å²) in [4.78, 5) is 29.3. The normalized spacial score (nSPS) is 13.4. The highest BCUT2D eigenvalue weighted by molar-refractivity contribution is 5.95. The van der Waals surface area contributed by atoms with Crippen molar-refractivity contribution < 1.29 is 4.79 Å². The molecule has 8 bridgehead atoms. The summed E-state index contributed by atoms with van der Waals surface area (Å²) >= 11 is 0. The number of hydrogen-bond donors (Lipinski definition) is 3. The van der Waals surface area contributed by atoms with Gasteiger partial charge in [-0.05, 0) is 122 Å². The number of carbonyl (C=O) groups is 1. The molecule has 0 radical (unpaired) electrons. The highest BCUT2D eigenvalue weighted by Crippen LogP contribution is 2.37. The van der Waals surface area contributed by atoms with Crippen LogP contribution in [-0.2, 0) is 17.6 Å². The molecule has 0 fully saturated rings. The molecular weight excluding hydrogens is 494 g/mol.